The van der Waals surface area contributed by atoms with Gasteiger partial charge >= 0.3 is 0 Å². The van der Waals surface area contributed by atoms with Gasteiger partial charge in [-0.05, 0) is 12.1 Å². The minimum atomic E-state index is -0.372. The molecule has 0 saturated carbocycles. The van der Waals surface area contributed by atoms with E-state index >= 15 is 0 Å². The van der Waals surface area contributed by atoms with Gasteiger partial charge in [-0.3, -0.25) is 14.5 Å². The zero-order chi connectivity index (χ0) is 18.8. The first-order valence-corrected chi connectivity index (χ1v) is 9.89. The van der Waals surface area contributed by atoms with Gasteiger partial charge in [-0.25, -0.2) is 9.37 Å². The van der Waals surface area contributed by atoms with Crippen LogP contribution in [0.2, 0.25) is 0 Å². The largest absolute Gasteiger partial charge is 0.487 e. The van der Waals surface area contributed by atoms with Gasteiger partial charge < -0.3 is 9.64 Å². The molecule has 2 fully saturated rings. The van der Waals surface area contributed by atoms with Crippen molar-refractivity contribution < 1.29 is 18.7 Å². The first-order chi connectivity index (χ1) is 13.1. The average molecular weight is 389 g/mol. The zero-order valence-electron chi connectivity index (χ0n) is 14.7. The normalized spacial score (nSPS) is 20.9. The number of likely N-dealkylation sites (tertiary alicyclic amines) is 1. The van der Waals surface area contributed by atoms with E-state index in [2.05, 4.69) is 4.98 Å². The maximum absolute atomic E-state index is 13.7. The van der Waals surface area contributed by atoms with Crippen molar-refractivity contribution in [2.75, 3.05) is 24.5 Å². The SMILES string of the molecule is O=C(C1CC(=O)N(c2nccs2)C1)N1CCC(Oc2ccccc2F)CC1. The molecule has 0 N–H and O–H groups in total. The van der Waals surface area contributed by atoms with Crippen molar-refractivity contribution in [2.24, 2.45) is 5.92 Å². The molecule has 1 aromatic heterocycles. The Bertz CT molecular complexity index is 821. The number of benzene rings is 1. The second kappa shape index (κ2) is 7.64. The van der Waals surface area contributed by atoms with E-state index in [1.807, 2.05) is 5.38 Å². The molecular formula is C19H20FN3O3S. The molecule has 2 aliphatic heterocycles. The molecule has 142 valence electrons. The van der Waals surface area contributed by atoms with Crippen LogP contribution >= 0.6 is 11.3 Å². The maximum atomic E-state index is 13.7. The fourth-order valence-corrected chi connectivity index (χ4v) is 4.25. The molecule has 1 atom stereocenters. The molecule has 1 aromatic carbocycles. The first-order valence-electron chi connectivity index (χ1n) is 9.01. The number of rotatable bonds is 4. The minimum absolute atomic E-state index is 0.00625. The molecule has 27 heavy (non-hydrogen) atoms. The average Bonchev–Trinajstić information content (AvgIpc) is 3.33. The highest BCUT2D eigenvalue weighted by Gasteiger charge is 2.39. The molecule has 2 saturated heterocycles. The fourth-order valence-electron chi connectivity index (χ4n) is 3.58. The monoisotopic (exact) mass is 389 g/mol. The van der Waals surface area contributed by atoms with Crippen LogP contribution in [0.5, 0.6) is 5.75 Å². The van der Waals surface area contributed by atoms with Gasteiger partial charge in [0.2, 0.25) is 11.8 Å². The van der Waals surface area contributed by atoms with Gasteiger partial charge in [0.25, 0.3) is 0 Å². The van der Waals surface area contributed by atoms with Crippen LogP contribution in [0.3, 0.4) is 0 Å². The molecular weight excluding hydrogens is 369 g/mol. The number of hydrogen-bond acceptors (Lipinski definition) is 5. The highest BCUT2D eigenvalue weighted by molar-refractivity contribution is 7.13. The molecule has 1 unspecified atom stereocenters. The van der Waals surface area contributed by atoms with Crippen LogP contribution in [0.25, 0.3) is 0 Å². The second-order valence-corrected chi connectivity index (χ2v) is 7.67. The maximum Gasteiger partial charge on any atom is 0.229 e. The molecule has 6 nitrogen and oxygen atoms in total. The summed E-state index contributed by atoms with van der Waals surface area (Å²) in [6.07, 6.45) is 3.07. The number of amides is 2. The minimum Gasteiger partial charge on any atom is -0.487 e. The van der Waals surface area contributed by atoms with Crippen molar-refractivity contribution >= 4 is 28.3 Å². The number of anilines is 1. The van der Waals surface area contributed by atoms with E-state index in [4.69, 9.17) is 4.74 Å². The van der Waals surface area contributed by atoms with E-state index < -0.39 is 0 Å². The van der Waals surface area contributed by atoms with E-state index in [0.717, 1.165) is 0 Å². The molecule has 3 heterocycles. The summed E-state index contributed by atoms with van der Waals surface area (Å²) in [6.45, 7) is 1.50. The van der Waals surface area contributed by atoms with Gasteiger partial charge in [-0.15, -0.1) is 11.3 Å². The first kappa shape index (κ1) is 17.9. The third kappa shape index (κ3) is 3.80. The Balaban J connectivity index is 1.31. The topological polar surface area (TPSA) is 62.7 Å². The summed E-state index contributed by atoms with van der Waals surface area (Å²) in [5.41, 5.74) is 0. The molecule has 0 bridgehead atoms. The Morgan fingerprint density at radius 3 is 2.74 bits per heavy atom. The van der Waals surface area contributed by atoms with Gasteiger partial charge in [0.15, 0.2) is 16.7 Å². The highest BCUT2D eigenvalue weighted by atomic mass is 32.1. The zero-order valence-corrected chi connectivity index (χ0v) is 15.5. The number of carbonyl (C=O) groups excluding carboxylic acids is 2. The Kier molecular flexibility index (Phi) is 5.07. The van der Waals surface area contributed by atoms with E-state index in [-0.39, 0.29) is 41.8 Å². The van der Waals surface area contributed by atoms with Gasteiger partial charge in [-0.2, -0.15) is 0 Å². The van der Waals surface area contributed by atoms with Gasteiger partial charge in [0.1, 0.15) is 6.10 Å². The van der Waals surface area contributed by atoms with Gasteiger partial charge in [-0.1, -0.05) is 12.1 Å². The second-order valence-electron chi connectivity index (χ2n) is 6.79. The molecule has 2 amide bonds. The smallest absolute Gasteiger partial charge is 0.229 e. The molecule has 2 aromatic rings. The molecule has 4 rings (SSSR count). The Morgan fingerprint density at radius 1 is 1.26 bits per heavy atom. The molecule has 2 aliphatic rings. The lowest BCUT2D eigenvalue weighted by Crippen LogP contribution is -2.45. The summed E-state index contributed by atoms with van der Waals surface area (Å²) in [7, 11) is 0. The number of carbonyl (C=O) groups is 2. The quantitative estimate of drug-likeness (QED) is 0.807. The third-order valence-corrected chi connectivity index (χ3v) is 5.80. The Hall–Kier alpha value is -2.48. The van der Waals surface area contributed by atoms with Gasteiger partial charge in [0.05, 0.1) is 5.92 Å². The van der Waals surface area contributed by atoms with Crippen molar-refractivity contribution in [1.82, 2.24) is 9.88 Å². The lowest BCUT2D eigenvalue weighted by atomic mass is 10.0. The number of hydrogen-bond donors (Lipinski definition) is 0. The van der Waals surface area contributed by atoms with Crippen molar-refractivity contribution in [3.8, 4) is 5.75 Å². The van der Waals surface area contributed by atoms with E-state index in [9.17, 15) is 14.0 Å². The van der Waals surface area contributed by atoms with Crippen LogP contribution in [0.15, 0.2) is 35.8 Å². The highest BCUT2D eigenvalue weighted by Crippen LogP contribution is 2.29. The summed E-state index contributed by atoms with van der Waals surface area (Å²) in [6, 6.07) is 6.35. The third-order valence-electron chi connectivity index (χ3n) is 5.01. The molecule has 0 spiro atoms. The number of nitrogens with zero attached hydrogens (tertiary/aromatic N) is 3. The van der Waals surface area contributed by atoms with Crippen molar-refractivity contribution in [2.45, 2.75) is 25.4 Å². The van der Waals surface area contributed by atoms with Crippen molar-refractivity contribution in [1.29, 1.82) is 0 Å². The summed E-state index contributed by atoms with van der Waals surface area (Å²) in [4.78, 5) is 32.6. The molecule has 0 aliphatic carbocycles. The molecule has 8 heteroatoms. The summed E-state index contributed by atoms with van der Waals surface area (Å²) < 4.78 is 19.5. The van der Waals surface area contributed by atoms with Crippen LogP contribution in [0.1, 0.15) is 19.3 Å². The van der Waals surface area contributed by atoms with E-state index in [0.29, 0.717) is 37.6 Å². The van der Waals surface area contributed by atoms with E-state index in [1.54, 1.807) is 34.2 Å². The number of thiazole rings is 1. The lowest BCUT2D eigenvalue weighted by Gasteiger charge is -2.33. The number of aromatic nitrogens is 1. The standard InChI is InChI=1S/C19H20FN3O3S/c20-15-3-1-2-4-16(15)26-14-5-8-22(9-6-14)18(25)13-11-17(24)23(12-13)19-21-7-10-27-19/h1-4,7,10,13-14H,5-6,8-9,11-12H2. The van der Waals surface area contributed by atoms with Crippen LogP contribution in [0, 0.1) is 11.7 Å². The lowest BCUT2D eigenvalue weighted by molar-refractivity contribution is -0.137. The van der Waals surface area contributed by atoms with Crippen LogP contribution in [-0.2, 0) is 9.59 Å². The van der Waals surface area contributed by atoms with Crippen LogP contribution < -0.4 is 9.64 Å². The number of para-hydroxylation sites is 1. The van der Waals surface area contributed by atoms with Crippen molar-refractivity contribution in [3.05, 3.63) is 41.7 Å². The summed E-state index contributed by atoms with van der Waals surface area (Å²) >= 11 is 1.40. The summed E-state index contributed by atoms with van der Waals surface area (Å²) in [5.74, 6) is -0.497. The number of halogens is 1. The van der Waals surface area contributed by atoms with Crippen LogP contribution in [-0.4, -0.2) is 47.4 Å². The van der Waals surface area contributed by atoms with Crippen LogP contribution in [0.4, 0.5) is 9.52 Å². The summed E-state index contributed by atoms with van der Waals surface area (Å²) in [5, 5.41) is 2.46. The Morgan fingerprint density at radius 2 is 2.04 bits per heavy atom. The van der Waals surface area contributed by atoms with Gasteiger partial charge in [0, 0.05) is 50.5 Å². The number of piperidine rings is 1. The number of ether oxygens (including phenoxy) is 1. The van der Waals surface area contributed by atoms with Crippen molar-refractivity contribution in [3.63, 3.8) is 0 Å². The van der Waals surface area contributed by atoms with E-state index in [1.165, 1.54) is 17.4 Å². The predicted octanol–water partition coefficient (Wildman–Crippen LogP) is 2.71. The molecule has 0 radical (unpaired) electrons. The fraction of sp³-hybridized carbons (Fsp3) is 0.421. The Labute approximate surface area is 160 Å². The predicted molar refractivity (Wildman–Crippen MR) is 99.2 cm³/mol.